The normalized spacial score (nSPS) is 21.4. The van der Waals surface area contributed by atoms with E-state index in [0.717, 1.165) is 53.7 Å². The number of rotatable bonds is 12. The third-order valence-corrected chi connectivity index (χ3v) is 12.5. The second-order valence-corrected chi connectivity index (χ2v) is 16.5. The number of anilines is 1. The topological polar surface area (TPSA) is 253 Å². The summed E-state index contributed by atoms with van der Waals surface area (Å²) in [5, 5.41) is 50.8. The fraction of sp³-hybridized carbons (Fsp3) is 0.452. The van der Waals surface area contributed by atoms with Crippen LogP contribution in [0.4, 0.5) is 5.13 Å². The van der Waals surface area contributed by atoms with Gasteiger partial charge in [0.15, 0.2) is 27.9 Å². The first kappa shape index (κ1) is 39.5. The van der Waals surface area contributed by atoms with Gasteiger partial charge in [0, 0.05) is 35.1 Å². The Balaban J connectivity index is 0.00000523. The number of aromatic hydroxyl groups is 2. The van der Waals surface area contributed by atoms with Gasteiger partial charge in [0.1, 0.15) is 23.7 Å². The summed E-state index contributed by atoms with van der Waals surface area (Å²) in [6.45, 7) is 6.70. The largest absolute Gasteiger partial charge is 1.00 e. The van der Waals surface area contributed by atoms with Gasteiger partial charge in [0.25, 0.3) is 17.4 Å². The van der Waals surface area contributed by atoms with E-state index >= 15 is 0 Å². The molecule has 17 nitrogen and oxygen atoms in total. The molecule has 0 unspecified atom stereocenters. The summed E-state index contributed by atoms with van der Waals surface area (Å²) < 4.78 is 2.55. The second-order valence-electron chi connectivity index (χ2n) is 13.1. The zero-order valence-corrected chi connectivity index (χ0v) is 33.1. The summed E-state index contributed by atoms with van der Waals surface area (Å²) in [7, 11) is 0. The predicted octanol–water partition coefficient (Wildman–Crippen LogP) is -4.13. The number of aromatic nitrogens is 2. The summed E-state index contributed by atoms with van der Waals surface area (Å²) in [5.74, 6) is -5.44. The molecule has 2 amide bonds. The van der Waals surface area contributed by atoms with Crippen molar-refractivity contribution in [2.45, 2.75) is 62.4 Å². The number of oxime groups is 1. The molecule has 6 rings (SSSR count). The molecule has 3 atom stereocenters. The monoisotopic (exact) mass is 783 g/mol. The molecule has 3 aliphatic heterocycles. The third kappa shape index (κ3) is 7.42. The van der Waals surface area contributed by atoms with Crippen molar-refractivity contribution in [3.8, 4) is 11.5 Å². The van der Waals surface area contributed by atoms with Crippen molar-refractivity contribution in [2.75, 3.05) is 31.9 Å². The van der Waals surface area contributed by atoms with Crippen LogP contribution in [0.25, 0.3) is 10.1 Å². The van der Waals surface area contributed by atoms with E-state index in [1.165, 1.54) is 43.1 Å². The molecule has 0 aliphatic carbocycles. The summed E-state index contributed by atoms with van der Waals surface area (Å²) in [5.41, 5.74) is 3.30. The van der Waals surface area contributed by atoms with Crippen molar-refractivity contribution >= 4 is 79.3 Å². The van der Waals surface area contributed by atoms with Gasteiger partial charge in [-0.3, -0.25) is 23.2 Å². The fourth-order valence-corrected chi connectivity index (χ4v) is 9.42. The molecule has 272 valence electrons. The number of nitrogens with two attached hydrogens (primary N) is 1. The van der Waals surface area contributed by atoms with Crippen LogP contribution in [-0.4, -0.2) is 106 Å². The van der Waals surface area contributed by atoms with Gasteiger partial charge in [-0.2, -0.15) is 0 Å². The standard InChI is InChI=1S/C31H35N7O10S3.Na/c1-14-16(12-38(7-4-5-8-38)9-6-36-25(42)15-10-18(39)19(40)11-20(15)51-36)23(28(44)45)37-26(43)22(27(37)50-14)34-24(41)21(17-13-49-30(32)33-17)35-48-31(2,3)29(46)47;/h10-11,13-14,22,27H,4-9,12H2,1-3H3,(H6-,32,33,34,35,39,40,41,42,44,45,46,47);/q;+1/p-1/t14-,22+,27+;/m0./s1. The van der Waals surface area contributed by atoms with Gasteiger partial charge in [-0.15, -0.1) is 23.1 Å². The van der Waals surface area contributed by atoms with E-state index < -0.39 is 51.7 Å². The number of phenols is 2. The number of benzene rings is 1. The number of β-lactam (4-membered cyclic amide) rings is 1. The van der Waals surface area contributed by atoms with E-state index in [-0.39, 0.29) is 68.5 Å². The quantitative estimate of drug-likeness (QED) is 0.0341. The molecule has 21 heteroatoms. The number of carboxylic acids is 2. The van der Waals surface area contributed by atoms with Gasteiger partial charge in [-0.05, 0) is 26.8 Å². The Morgan fingerprint density at radius 1 is 1.17 bits per heavy atom. The maximum atomic E-state index is 13.6. The molecule has 52 heavy (non-hydrogen) atoms. The minimum atomic E-state index is -1.91. The van der Waals surface area contributed by atoms with Crippen LogP contribution in [0.5, 0.6) is 11.5 Å². The van der Waals surface area contributed by atoms with E-state index in [9.17, 15) is 44.4 Å². The van der Waals surface area contributed by atoms with Gasteiger partial charge in [0.05, 0.1) is 53.9 Å². The van der Waals surface area contributed by atoms with Gasteiger partial charge >= 0.3 is 29.6 Å². The van der Waals surface area contributed by atoms with E-state index in [1.807, 2.05) is 6.92 Å². The van der Waals surface area contributed by atoms with Gasteiger partial charge in [-0.25, -0.2) is 4.98 Å². The first-order valence-corrected chi connectivity index (χ1v) is 18.4. The van der Waals surface area contributed by atoms with Gasteiger partial charge < -0.3 is 50.4 Å². The molecule has 0 saturated carbocycles. The van der Waals surface area contributed by atoms with Crippen molar-refractivity contribution in [1.82, 2.24) is 19.2 Å². The van der Waals surface area contributed by atoms with Crippen molar-refractivity contribution < 1.29 is 78.5 Å². The first-order valence-electron chi connectivity index (χ1n) is 15.9. The van der Waals surface area contributed by atoms with Crippen molar-refractivity contribution in [3.63, 3.8) is 0 Å². The van der Waals surface area contributed by atoms with E-state index in [1.54, 1.807) is 3.96 Å². The number of thiazole rings is 1. The summed E-state index contributed by atoms with van der Waals surface area (Å²) in [6, 6.07) is 1.42. The number of carbonyl (C=O) groups excluding carboxylic acids is 4. The molecule has 3 aromatic rings. The van der Waals surface area contributed by atoms with Crippen LogP contribution < -0.4 is 56.4 Å². The number of hydrogen-bond donors (Lipinski definition) is 4. The van der Waals surface area contributed by atoms with E-state index in [4.69, 9.17) is 10.6 Å². The Morgan fingerprint density at radius 2 is 1.85 bits per heavy atom. The summed E-state index contributed by atoms with van der Waals surface area (Å²) in [4.78, 5) is 74.5. The maximum absolute atomic E-state index is 13.6. The Bertz CT molecular complexity index is 2070. The predicted molar refractivity (Wildman–Crippen MR) is 183 cm³/mol. The number of nitrogens with zero attached hydrogens (tertiary/aromatic N) is 5. The molecule has 5 N–H and O–H groups in total. The Labute approximate surface area is 330 Å². The number of nitrogens with one attached hydrogen (secondary N) is 1. The van der Waals surface area contributed by atoms with Gasteiger partial charge in [0.2, 0.25) is 0 Å². The number of amides is 2. The number of nitrogen functional groups attached to an aromatic ring is 1. The smallest absolute Gasteiger partial charge is 0.546 e. The first-order chi connectivity index (χ1) is 24.0. The number of hydrogen-bond acceptors (Lipinski definition) is 16. The van der Waals surface area contributed by atoms with Crippen LogP contribution in [-0.2, 0) is 30.6 Å². The Kier molecular flexibility index (Phi) is 11.4. The Morgan fingerprint density at radius 3 is 2.46 bits per heavy atom. The van der Waals surface area contributed by atoms with Crippen molar-refractivity contribution in [1.29, 1.82) is 0 Å². The zero-order chi connectivity index (χ0) is 37.0. The molecule has 0 bridgehead atoms. The summed E-state index contributed by atoms with van der Waals surface area (Å²) in [6.07, 6.45) is 1.77. The molecule has 2 aromatic heterocycles. The average molecular weight is 784 g/mol. The van der Waals surface area contributed by atoms with E-state index in [0.29, 0.717) is 34.4 Å². The molecule has 0 spiro atoms. The SMILES string of the molecule is C[C@@H]1S[C@@H]2[C@H](NC(=O)/C(=N\OC(C)(C)C(=O)[O-])c3csc(N)n3)C(=O)N2C(C(=O)[O-])=C1C[N+]1(CCn2sc3cc(O)c(O)cc3c2=O)CCCC1.[Na+]. The van der Waals surface area contributed by atoms with Crippen LogP contribution >= 0.6 is 34.6 Å². The van der Waals surface area contributed by atoms with Gasteiger partial charge in [-0.1, -0.05) is 16.7 Å². The number of phenolic OH excluding ortho intramolecular Hbond substituents is 2. The van der Waals surface area contributed by atoms with Crippen molar-refractivity contribution in [2.24, 2.45) is 5.16 Å². The number of likely N-dealkylation sites (tertiary alicyclic amines) is 1. The van der Waals surface area contributed by atoms with Crippen LogP contribution in [0.1, 0.15) is 39.3 Å². The minimum absolute atomic E-state index is 0. The number of aliphatic carboxylic acids is 2. The molecular formula is C31H34N7NaO10S3. The molecule has 5 heterocycles. The fourth-order valence-electron chi connectivity index (χ4n) is 6.43. The molecule has 3 aliphatic rings. The molecule has 2 saturated heterocycles. The number of carboxylic acid groups (broad SMARTS) is 2. The molecule has 2 fully saturated rings. The molecule has 0 radical (unpaired) electrons. The molecular weight excluding hydrogens is 750 g/mol. The second kappa shape index (κ2) is 15.0. The average Bonchev–Trinajstić information content (AvgIpc) is 3.79. The Hall–Kier alpha value is -3.66. The molecule has 1 aromatic carbocycles. The van der Waals surface area contributed by atoms with Crippen LogP contribution in [0.2, 0.25) is 0 Å². The van der Waals surface area contributed by atoms with Crippen LogP contribution in [0.3, 0.4) is 0 Å². The maximum Gasteiger partial charge on any atom is 1.00 e. The number of carbonyl (C=O) groups is 4. The van der Waals surface area contributed by atoms with Crippen molar-refractivity contribution in [3.05, 3.63) is 44.8 Å². The number of thioether (sulfide) groups is 1. The van der Waals surface area contributed by atoms with Crippen LogP contribution in [0, 0.1) is 0 Å². The minimum Gasteiger partial charge on any atom is -0.546 e. The zero-order valence-electron chi connectivity index (χ0n) is 28.6. The number of fused-ring (bicyclic) bond motifs is 2. The summed E-state index contributed by atoms with van der Waals surface area (Å²) >= 11 is 3.46. The van der Waals surface area contributed by atoms with E-state index in [2.05, 4.69) is 15.5 Å². The third-order valence-electron chi connectivity index (χ3n) is 9.28. The number of quaternary nitrogens is 1. The van der Waals surface area contributed by atoms with Crippen LogP contribution in [0.15, 0.2) is 38.7 Å².